The van der Waals surface area contributed by atoms with Gasteiger partial charge in [-0.1, -0.05) is 68.5 Å². The zero-order valence-corrected chi connectivity index (χ0v) is 14.0. The highest BCUT2D eigenvalue weighted by Crippen LogP contribution is 2.25. The minimum atomic E-state index is 0.390. The van der Waals surface area contributed by atoms with Crippen LogP contribution >= 0.6 is 0 Å². The van der Waals surface area contributed by atoms with E-state index in [-0.39, 0.29) is 0 Å². The van der Waals surface area contributed by atoms with Gasteiger partial charge in [0.25, 0.3) is 0 Å². The summed E-state index contributed by atoms with van der Waals surface area (Å²) in [6, 6.07) is 21.2. The molecule has 0 aliphatic carbocycles. The summed E-state index contributed by atoms with van der Waals surface area (Å²) in [5, 5.41) is 7.28. The van der Waals surface area contributed by atoms with Gasteiger partial charge in [0, 0.05) is 11.8 Å². The van der Waals surface area contributed by atoms with Gasteiger partial charge in [-0.05, 0) is 40.5 Å². The Labute approximate surface area is 142 Å². The number of aromatic nitrogens is 2. The smallest absolute Gasteiger partial charge is 0.0737 e. The van der Waals surface area contributed by atoms with Crippen LogP contribution in [0.5, 0.6) is 0 Å². The Kier molecular flexibility index (Phi) is 3.66. The summed E-state index contributed by atoms with van der Waals surface area (Å²) in [5.74, 6) is 0.390. The van der Waals surface area contributed by atoms with E-state index in [0.29, 0.717) is 5.92 Å². The molecule has 0 amide bonds. The first-order valence-electron chi connectivity index (χ1n) is 8.36. The van der Waals surface area contributed by atoms with Gasteiger partial charge in [-0.25, -0.2) is 4.52 Å². The van der Waals surface area contributed by atoms with Crippen molar-refractivity contribution in [3.05, 3.63) is 83.7 Å². The second-order valence-electron chi connectivity index (χ2n) is 6.42. The second kappa shape index (κ2) is 5.97. The first kappa shape index (κ1) is 14.7. The summed E-state index contributed by atoms with van der Waals surface area (Å²) in [6.07, 6.45) is 6.39. The fourth-order valence-electron chi connectivity index (χ4n) is 3.12. The maximum Gasteiger partial charge on any atom is 0.0737 e. The van der Waals surface area contributed by atoms with Crippen molar-refractivity contribution in [2.24, 2.45) is 0 Å². The largest absolute Gasteiger partial charge is 0.240 e. The highest BCUT2D eigenvalue weighted by molar-refractivity contribution is 5.87. The molecule has 0 spiro atoms. The minimum absolute atomic E-state index is 0.390. The van der Waals surface area contributed by atoms with Crippen LogP contribution in [0.4, 0.5) is 0 Å². The van der Waals surface area contributed by atoms with Crippen LogP contribution in [0.15, 0.2) is 66.9 Å². The summed E-state index contributed by atoms with van der Waals surface area (Å²) >= 11 is 0. The first-order valence-corrected chi connectivity index (χ1v) is 8.36. The van der Waals surface area contributed by atoms with Crippen molar-refractivity contribution in [1.29, 1.82) is 0 Å². The van der Waals surface area contributed by atoms with Crippen LogP contribution in [-0.2, 0) is 0 Å². The van der Waals surface area contributed by atoms with Gasteiger partial charge in [-0.15, -0.1) is 0 Å². The molecule has 0 unspecified atom stereocenters. The molecule has 0 fully saturated rings. The van der Waals surface area contributed by atoms with Gasteiger partial charge in [0.1, 0.15) is 0 Å². The molecule has 2 heteroatoms. The van der Waals surface area contributed by atoms with E-state index in [2.05, 4.69) is 80.6 Å². The number of rotatable bonds is 3. The van der Waals surface area contributed by atoms with Gasteiger partial charge in [-0.3, -0.25) is 0 Å². The molecular formula is C22H20N2. The Morgan fingerprint density at radius 3 is 2.50 bits per heavy atom. The Morgan fingerprint density at radius 2 is 1.67 bits per heavy atom. The zero-order valence-electron chi connectivity index (χ0n) is 14.0. The van der Waals surface area contributed by atoms with Crippen LogP contribution in [0, 0.1) is 0 Å². The summed E-state index contributed by atoms with van der Waals surface area (Å²) in [7, 11) is 0. The van der Waals surface area contributed by atoms with Crippen LogP contribution in [0.25, 0.3) is 28.4 Å². The van der Waals surface area contributed by atoms with Crippen molar-refractivity contribution in [2.75, 3.05) is 0 Å². The molecule has 0 saturated carbocycles. The molecule has 2 aromatic carbocycles. The third kappa shape index (κ3) is 2.61. The fraction of sp³-hybridized carbons (Fsp3) is 0.136. The van der Waals surface area contributed by atoms with E-state index in [9.17, 15) is 0 Å². The SMILES string of the molecule is CC(C)c1nn2ccccc2c1/C=C/c1ccc2ccccc2c1. The predicted molar refractivity (Wildman–Crippen MR) is 102 cm³/mol. The molecule has 0 radical (unpaired) electrons. The lowest BCUT2D eigenvalue weighted by atomic mass is 10.0. The maximum absolute atomic E-state index is 4.74. The van der Waals surface area contributed by atoms with Crippen molar-refractivity contribution < 1.29 is 0 Å². The van der Waals surface area contributed by atoms with E-state index in [0.717, 1.165) is 11.2 Å². The average molecular weight is 312 g/mol. The quantitative estimate of drug-likeness (QED) is 0.468. The molecule has 0 saturated heterocycles. The molecular weight excluding hydrogens is 292 g/mol. The molecule has 2 nitrogen and oxygen atoms in total. The van der Waals surface area contributed by atoms with Gasteiger partial charge < -0.3 is 0 Å². The number of nitrogens with zero attached hydrogens (tertiary/aromatic N) is 2. The van der Waals surface area contributed by atoms with E-state index in [1.54, 1.807) is 0 Å². The van der Waals surface area contributed by atoms with Crippen LogP contribution in [0.1, 0.15) is 36.6 Å². The monoisotopic (exact) mass is 312 g/mol. The molecule has 118 valence electrons. The zero-order chi connectivity index (χ0) is 16.5. The normalized spacial score (nSPS) is 12.0. The van der Waals surface area contributed by atoms with Crippen LogP contribution in [0.3, 0.4) is 0 Å². The lowest BCUT2D eigenvalue weighted by molar-refractivity contribution is 0.787. The molecule has 0 aliphatic heterocycles. The van der Waals surface area contributed by atoms with E-state index >= 15 is 0 Å². The Morgan fingerprint density at radius 1 is 0.875 bits per heavy atom. The third-order valence-corrected chi connectivity index (χ3v) is 4.37. The van der Waals surface area contributed by atoms with E-state index < -0.39 is 0 Å². The average Bonchev–Trinajstić information content (AvgIpc) is 2.99. The summed E-state index contributed by atoms with van der Waals surface area (Å²) in [6.45, 7) is 4.38. The lowest BCUT2D eigenvalue weighted by Gasteiger charge is -2.02. The van der Waals surface area contributed by atoms with E-state index in [4.69, 9.17) is 5.10 Å². The standard InChI is InChI=1S/C22H20N2/c1-16(2)22-20(21-9-5-6-14-24(21)23-22)13-11-17-10-12-18-7-3-4-8-19(18)15-17/h3-16H,1-2H3/b13-11+. The highest BCUT2D eigenvalue weighted by Gasteiger charge is 2.12. The molecule has 2 aromatic heterocycles. The van der Waals surface area contributed by atoms with Gasteiger partial charge in [0.2, 0.25) is 0 Å². The van der Waals surface area contributed by atoms with Crippen molar-refractivity contribution >= 4 is 28.4 Å². The Bertz CT molecular complexity index is 1040. The number of pyridine rings is 1. The van der Waals surface area contributed by atoms with Crippen molar-refractivity contribution in [3.8, 4) is 0 Å². The van der Waals surface area contributed by atoms with E-state index in [1.807, 2.05) is 16.8 Å². The van der Waals surface area contributed by atoms with Gasteiger partial charge in [0.05, 0.1) is 11.2 Å². The van der Waals surface area contributed by atoms with Crippen molar-refractivity contribution in [3.63, 3.8) is 0 Å². The van der Waals surface area contributed by atoms with Gasteiger partial charge in [-0.2, -0.15) is 5.10 Å². The number of fused-ring (bicyclic) bond motifs is 2. The summed E-state index contributed by atoms with van der Waals surface area (Å²) in [4.78, 5) is 0. The topological polar surface area (TPSA) is 17.3 Å². The number of hydrogen-bond acceptors (Lipinski definition) is 1. The second-order valence-corrected chi connectivity index (χ2v) is 6.42. The molecule has 24 heavy (non-hydrogen) atoms. The summed E-state index contributed by atoms with van der Waals surface area (Å²) in [5.41, 5.74) is 4.70. The molecule has 0 bridgehead atoms. The molecule has 4 aromatic rings. The van der Waals surface area contributed by atoms with Crippen LogP contribution in [0.2, 0.25) is 0 Å². The Balaban J connectivity index is 1.79. The van der Waals surface area contributed by atoms with Crippen LogP contribution in [-0.4, -0.2) is 9.61 Å². The number of benzene rings is 2. The Hall–Kier alpha value is -2.87. The lowest BCUT2D eigenvalue weighted by Crippen LogP contribution is -1.91. The van der Waals surface area contributed by atoms with Crippen molar-refractivity contribution in [1.82, 2.24) is 9.61 Å². The summed E-state index contributed by atoms with van der Waals surface area (Å²) < 4.78 is 1.97. The van der Waals surface area contributed by atoms with Crippen LogP contribution < -0.4 is 0 Å². The molecule has 0 N–H and O–H groups in total. The first-order chi connectivity index (χ1) is 11.7. The number of hydrogen-bond donors (Lipinski definition) is 0. The third-order valence-electron chi connectivity index (χ3n) is 4.37. The fourth-order valence-corrected chi connectivity index (χ4v) is 3.12. The minimum Gasteiger partial charge on any atom is -0.240 e. The molecule has 2 heterocycles. The molecule has 0 atom stereocenters. The van der Waals surface area contributed by atoms with Crippen molar-refractivity contribution in [2.45, 2.75) is 19.8 Å². The van der Waals surface area contributed by atoms with Gasteiger partial charge in [0.15, 0.2) is 0 Å². The maximum atomic E-state index is 4.74. The van der Waals surface area contributed by atoms with Gasteiger partial charge >= 0.3 is 0 Å². The molecule has 4 rings (SSSR count). The predicted octanol–water partition coefficient (Wildman–Crippen LogP) is 5.78. The van der Waals surface area contributed by atoms with E-state index in [1.165, 1.54) is 21.9 Å². The highest BCUT2D eigenvalue weighted by atomic mass is 15.2. The molecule has 0 aliphatic rings.